The average molecular weight is 947 g/mol. The molecule has 1 aromatic carbocycles. The summed E-state index contributed by atoms with van der Waals surface area (Å²) in [5.41, 5.74) is -4.51. The molecule has 5 heterocycles. The Morgan fingerprint density at radius 2 is 1.80 bits per heavy atom. The van der Waals surface area contributed by atoms with E-state index in [1.807, 2.05) is 26.8 Å². The van der Waals surface area contributed by atoms with Crippen LogP contribution in [0.1, 0.15) is 103 Å². The second kappa shape index (κ2) is 18.1. The fraction of sp³-hybridized carbons (Fsp3) is 0.674. The number of alkyl halides is 3. The quantitative estimate of drug-likeness (QED) is 0.280. The zero-order valence-corrected chi connectivity index (χ0v) is 38.8. The molecule has 0 bridgehead atoms. The number of halogens is 3. The Hall–Kier alpha value is -4.69. The van der Waals surface area contributed by atoms with E-state index in [1.54, 1.807) is 18.2 Å². The predicted molar refractivity (Wildman–Crippen MR) is 235 cm³/mol. The van der Waals surface area contributed by atoms with Crippen molar-refractivity contribution in [2.45, 2.75) is 132 Å². The second-order valence-corrected chi connectivity index (χ2v) is 22.5. The van der Waals surface area contributed by atoms with E-state index in [4.69, 9.17) is 18.9 Å². The number of pyridine rings is 1. The van der Waals surface area contributed by atoms with Gasteiger partial charge in [-0.2, -0.15) is 13.2 Å². The summed E-state index contributed by atoms with van der Waals surface area (Å²) in [6, 6.07) is 2.13. The summed E-state index contributed by atoms with van der Waals surface area (Å²) >= 11 is 0. The highest BCUT2D eigenvalue weighted by Crippen LogP contribution is 2.50. The van der Waals surface area contributed by atoms with Gasteiger partial charge in [-0.3, -0.25) is 24.0 Å². The van der Waals surface area contributed by atoms with E-state index in [9.17, 15) is 27.6 Å². The number of morpholine rings is 1. The molecule has 8 rings (SSSR count). The molecule has 20 heteroatoms. The first-order valence-electron chi connectivity index (χ1n) is 23.1. The van der Waals surface area contributed by atoms with Crippen molar-refractivity contribution in [2.24, 2.45) is 11.3 Å². The summed E-state index contributed by atoms with van der Waals surface area (Å²) in [6.45, 7) is 10.6. The highest BCUT2D eigenvalue weighted by Gasteiger charge is 2.64. The number of amides is 4. The van der Waals surface area contributed by atoms with Crippen LogP contribution in [0.2, 0.25) is 0 Å². The number of aromatic nitrogens is 1. The summed E-state index contributed by atoms with van der Waals surface area (Å²) in [7, 11) is -4.11. The van der Waals surface area contributed by atoms with Crippen molar-refractivity contribution in [3.8, 4) is 11.5 Å². The van der Waals surface area contributed by atoms with Crippen LogP contribution in [0.3, 0.4) is 0 Å². The minimum atomic E-state index is -4.95. The number of rotatable bonds is 9. The topological polar surface area (TPSA) is 195 Å². The SMILES string of the molecule is CC(C)(C)COC(=O)NC1CCCCCC=CC2CC2(C(=O)NS(=O)(=O)C2(C)CC2)NC(=O)C2CC3(CCc4c(c(C(F)(F)F)nc5ccc(OCCN6CCOCC6)cc45)O3)CN2C1=O. The maximum absolute atomic E-state index is 15.0. The van der Waals surface area contributed by atoms with Crippen molar-refractivity contribution in [2.75, 3.05) is 52.6 Å². The van der Waals surface area contributed by atoms with Gasteiger partial charge in [-0.1, -0.05) is 45.8 Å². The lowest BCUT2D eigenvalue weighted by Gasteiger charge is -2.37. The largest absolute Gasteiger partial charge is 0.492 e. The van der Waals surface area contributed by atoms with E-state index in [1.165, 1.54) is 17.9 Å². The molecule has 5 unspecified atom stereocenters. The van der Waals surface area contributed by atoms with E-state index in [-0.39, 0.29) is 61.8 Å². The molecule has 2 saturated carbocycles. The zero-order valence-electron chi connectivity index (χ0n) is 38.0. The minimum Gasteiger partial charge on any atom is -0.492 e. The minimum absolute atomic E-state index is 0.0453. The van der Waals surface area contributed by atoms with Crippen molar-refractivity contribution in [3.63, 3.8) is 0 Å². The smallest absolute Gasteiger partial charge is 0.437 e. The van der Waals surface area contributed by atoms with Crippen LogP contribution < -0.4 is 24.8 Å². The third-order valence-corrected chi connectivity index (χ3v) is 15.9. The molecule has 66 heavy (non-hydrogen) atoms. The monoisotopic (exact) mass is 946 g/mol. The highest BCUT2D eigenvalue weighted by atomic mass is 32.2. The highest BCUT2D eigenvalue weighted by molar-refractivity contribution is 7.91. The number of hydrogen-bond donors (Lipinski definition) is 3. The molecule has 2 aromatic rings. The van der Waals surface area contributed by atoms with E-state index in [0.717, 1.165) is 13.1 Å². The first-order valence-corrected chi connectivity index (χ1v) is 24.5. The Morgan fingerprint density at radius 3 is 2.52 bits per heavy atom. The number of fused-ring (bicyclic) bond motifs is 5. The van der Waals surface area contributed by atoms with Gasteiger partial charge in [-0.05, 0) is 81.9 Å². The first-order chi connectivity index (χ1) is 31.1. The molecule has 3 N–H and O–H groups in total. The number of allylic oxidation sites excluding steroid dienone is 1. The molecule has 2 saturated heterocycles. The molecule has 6 aliphatic rings. The van der Waals surface area contributed by atoms with Gasteiger partial charge in [0.15, 0.2) is 11.4 Å². The van der Waals surface area contributed by atoms with Crippen LogP contribution in [0.25, 0.3) is 10.9 Å². The number of sulfonamides is 1. The Kier molecular flexibility index (Phi) is 13.1. The number of ether oxygens (including phenoxy) is 4. The van der Waals surface area contributed by atoms with Gasteiger partial charge in [-0.15, -0.1) is 0 Å². The summed E-state index contributed by atoms with van der Waals surface area (Å²) in [6.07, 6.45) is 1.21. The fourth-order valence-electron chi connectivity index (χ4n) is 9.37. The van der Waals surface area contributed by atoms with Crippen LogP contribution in [-0.2, 0) is 46.5 Å². The molecule has 1 spiro atoms. The molecule has 2 aliphatic carbocycles. The molecular weight excluding hydrogens is 886 g/mol. The fourth-order valence-corrected chi connectivity index (χ4v) is 10.7. The molecule has 362 valence electrons. The average Bonchev–Trinajstić information content (AvgIpc) is 4.15. The Labute approximate surface area is 383 Å². The lowest BCUT2D eigenvalue weighted by atomic mass is 9.87. The number of hydrogen-bond acceptors (Lipinski definition) is 12. The number of benzene rings is 1. The van der Waals surface area contributed by atoms with E-state index in [0.29, 0.717) is 76.0 Å². The number of nitrogens with one attached hydrogen (secondary N) is 3. The van der Waals surface area contributed by atoms with Gasteiger partial charge in [0.1, 0.15) is 35.6 Å². The van der Waals surface area contributed by atoms with Crippen molar-refractivity contribution in [3.05, 3.63) is 41.6 Å². The van der Waals surface area contributed by atoms with Crippen molar-refractivity contribution < 1.29 is 59.7 Å². The van der Waals surface area contributed by atoms with Gasteiger partial charge in [0, 0.05) is 42.9 Å². The Balaban J connectivity index is 1.12. The molecule has 4 amide bonds. The standard InChI is InChI=1S/C46H61F3N6O10S/c1-42(2,3)28-64-41(59)51-34-11-9-7-5-6-8-10-29-25-45(29,40(58)53-66(60,61)43(4)16-17-43)52-38(56)35-26-44(27-55(35)39(34)57)15-14-31-32-24-30(63-23-20-54-18-21-62-22-19-54)12-13-33(32)50-37(36(31)65-44)46(47,48)49/h8,10,12-13,24,29,34-35H,5-7,9,11,14-23,25-28H2,1-4H3,(H,51,59)(H,52,56)(H,53,58). The number of nitrogens with zero attached hydrogens (tertiary/aromatic N) is 3. The molecular formula is C46H61F3N6O10S. The van der Waals surface area contributed by atoms with Gasteiger partial charge in [-0.25, -0.2) is 18.2 Å². The summed E-state index contributed by atoms with van der Waals surface area (Å²) in [4.78, 5) is 64.4. The molecule has 16 nitrogen and oxygen atoms in total. The van der Waals surface area contributed by atoms with Crippen LogP contribution in [0.15, 0.2) is 30.4 Å². The number of aryl methyl sites for hydroxylation is 1. The van der Waals surface area contributed by atoms with Gasteiger partial charge >= 0.3 is 12.3 Å². The normalized spacial score (nSPS) is 28.2. The van der Waals surface area contributed by atoms with Gasteiger partial charge in [0.2, 0.25) is 21.8 Å². The van der Waals surface area contributed by atoms with Gasteiger partial charge in [0.25, 0.3) is 5.91 Å². The Morgan fingerprint density at radius 1 is 1.05 bits per heavy atom. The summed E-state index contributed by atoms with van der Waals surface area (Å²) in [5.74, 6) is -3.03. The lowest BCUT2D eigenvalue weighted by Crippen LogP contribution is -2.58. The van der Waals surface area contributed by atoms with Crippen LogP contribution in [0, 0.1) is 11.3 Å². The van der Waals surface area contributed by atoms with Crippen LogP contribution >= 0.6 is 0 Å². The molecule has 5 atom stereocenters. The third-order valence-electron chi connectivity index (χ3n) is 13.8. The number of alkyl carbamates (subject to hydrolysis) is 1. The van der Waals surface area contributed by atoms with E-state index in [2.05, 4.69) is 25.2 Å². The van der Waals surface area contributed by atoms with Crippen LogP contribution in [0.4, 0.5) is 18.0 Å². The van der Waals surface area contributed by atoms with E-state index < -0.39 is 85.3 Å². The van der Waals surface area contributed by atoms with Crippen molar-refractivity contribution in [1.29, 1.82) is 0 Å². The Bertz CT molecular complexity index is 2370. The van der Waals surface area contributed by atoms with E-state index >= 15 is 13.2 Å². The third kappa shape index (κ3) is 10.2. The van der Waals surface area contributed by atoms with Crippen molar-refractivity contribution in [1.82, 2.24) is 30.1 Å². The predicted octanol–water partition coefficient (Wildman–Crippen LogP) is 5.16. The van der Waals surface area contributed by atoms with Crippen LogP contribution in [-0.4, -0.2) is 128 Å². The molecule has 1 aromatic heterocycles. The zero-order chi connectivity index (χ0) is 47.3. The molecule has 0 radical (unpaired) electrons. The van der Waals surface area contributed by atoms with Crippen molar-refractivity contribution >= 4 is 44.7 Å². The number of carbonyl (C=O) groups is 4. The van der Waals surface area contributed by atoms with Crippen LogP contribution in [0.5, 0.6) is 11.5 Å². The molecule has 4 aliphatic heterocycles. The number of carbonyl (C=O) groups excluding carboxylic acids is 4. The lowest BCUT2D eigenvalue weighted by molar-refractivity contribution is -0.144. The molecule has 4 fully saturated rings. The maximum Gasteiger partial charge on any atom is 0.437 e. The summed E-state index contributed by atoms with van der Waals surface area (Å²) < 4.78 is 96.2. The van der Waals surface area contributed by atoms with Gasteiger partial charge < -0.3 is 34.5 Å². The maximum atomic E-state index is 15.0. The first kappa shape index (κ1) is 47.8. The summed E-state index contributed by atoms with van der Waals surface area (Å²) in [5, 5.41) is 5.92. The second-order valence-electron chi connectivity index (χ2n) is 20.3. The van der Waals surface area contributed by atoms with Gasteiger partial charge in [0.05, 0.1) is 36.6 Å².